The Morgan fingerprint density at radius 1 is 1.08 bits per heavy atom. The molecule has 0 saturated heterocycles. The van der Waals surface area contributed by atoms with Crippen molar-refractivity contribution in [1.29, 1.82) is 0 Å². The van der Waals surface area contributed by atoms with Crippen molar-refractivity contribution in [2.24, 2.45) is 0 Å². The molecule has 0 aliphatic rings. The molecule has 5 nitrogen and oxygen atoms in total. The average molecular weight is 385 g/mol. The fourth-order valence-corrected chi connectivity index (χ4v) is 2.65. The van der Waals surface area contributed by atoms with Crippen LogP contribution in [0.4, 0.5) is 17.5 Å². The van der Waals surface area contributed by atoms with Gasteiger partial charge in [0.1, 0.15) is 11.6 Å². The molecule has 1 heterocycles. The Balaban J connectivity index is 1.69. The van der Waals surface area contributed by atoms with Crippen molar-refractivity contribution in [2.75, 3.05) is 17.7 Å². The van der Waals surface area contributed by atoms with Crippen LogP contribution in [0, 0.1) is 0 Å². The largest absolute Gasteiger partial charge is 0.496 e. The number of aromatic nitrogens is 2. The van der Waals surface area contributed by atoms with Gasteiger partial charge in [0, 0.05) is 28.5 Å². The fourth-order valence-electron chi connectivity index (χ4n) is 2.25. The highest BCUT2D eigenvalue weighted by Gasteiger charge is 2.04. The number of benzene rings is 2. The van der Waals surface area contributed by atoms with E-state index >= 15 is 0 Å². The molecule has 0 saturated carbocycles. The zero-order valence-electron chi connectivity index (χ0n) is 13.2. The summed E-state index contributed by atoms with van der Waals surface area (Å²) in [5.41, 5.74) is 2.01. The summed E-state index contributed by atoms with van der Waals surface area (Å²) in [6.45, 7) is 0.588. The maximum Gasteiger partial charge on any atom is 0.224 e. The van der Waals surface area contributed by atoms with Crippen LogP contribution in [0.3, 0.4) is 0 Å². The van der Waals surface area contributed by atoms with Crippen molar-refractivity contribution >= 4 is 33.4 Å². The molecule has 0 spiro atoms. The van der Waals surface area contributed by atoms with Crippen molar-refractivity contribution < 1.29 is 4.74 Å². The SMILES string of the molecule is COc1ccccc1CNc1nccc(Nc2cccc(Br)c2)n1. The highest BCUT2D eigenvalue weighted by atomic mass is 79.9. The number of halogens is 1. The summed E-state index contributed by atoms with van der Waals surface area (Å²) < 4.78 is 6.36. The molecule has 0 amide bonds. The standard InChI is InChI=1S/C18H17BrN4O/c1-24-16-8-3-2-5-13(16)12-21-18-20-10-9-17(23-18)22-15-7-4-6-14(19)11-15/h2-11H,12H2,1H3,(H2,20,21,22,23). The number of hydrogen-bond acceptors (Lipinski definition) is 5. The van der Waals surface area contributed by atoms with Crippen molar-refractivity contribution in [3.05, 3.63) is 70.8 Å². The molecule has 0 unspecified atom stereocenters. The minimum absolute atomic E-state index is 0.556. The van der Waals surface area contributed by atoms with Crippen LogP contribution in [0.1, 0.15) is 5.56 Å². The number of rotatable bonds is 6. The van der Waals surface area contributed by atoms with Crippen LogP contribution in [0.5, 0.6) is 5.75 Å². The minimum Gasteiger partial charge on any atom is -0.496 e. The van der Waals surface area contributed by atoms with E-state index in [-0.39, 0.29) is 0 Å². The zero-order valence-corrected chi connectivity index (χ0v) is 14.7. The Kier molecular flexibility index (Phi) is 5.28. The van der Waals surface area contributed by atoms with E-state index in [1.54, 1.807) is 13.3 Å². The monoisotopic (exact) mass is 384 g/mol. The third kappa shape index (κ3) is 4.23. The molecule has 0 aliphatic carbocycles. The van der Waals surface area contributed by atoms with Gasteiger partial charge in [-0.3, -0.25) is 0 Å². The number of hydrogen-bond donors (Lipinski definition) is 2. The summed E-state index contributed by atoms with van der Waals surface area (Å²) in [5, 5.41) is 6.48. The van der Waals surface area contributed by atoms with Crippen molar-refractivity contribution in [2.45, 2.75) is 6.54 Å². The number of anilines is 3. The van der Waals surface area contributed by atoms with E-state index in [0.29, 0.717) is 12.5 Å². The van der Waals surface area contributed by atoms with Crippen molar-refractivity contribution in [3.8, 4) is 5.75 Å². The third-order valence-electron chi connectivity index (χ3n) is 3.38. The van der Waals surface area contributed by atoms with Crippen molar-refractivity contribution in [3.63, 3.8) is 0 Å². The molecule has 0 bridgehead atoms. The van der Waals surface area contributed by atoms with E-state index in [1.807, 2.05) is 54.6 Å². The quantitative estimate of drug-likeness (QED) is 0.649. The molecular weight excluding hydrogens is 368 g/mol. The zero-order chi connectivity index (χ0) is 16.8. The van der Waals surface area contributed by atoms with Gasteiger partial charge in [-0.05, 0) is 30.3 Å². The molecule has 0 aliphatic heterocycles. The van der Waals surface area contributed by atoms with E-state index < -0.39 is 0 Å². The lowest BCUT2D eigenvalue weighted by Gasteiger charge is -2.10. The number of para-hydroxylation sites is 1. The van der Waals surface area contributed by atoms with Crippen LogP contribution in [0.2, 0.25) is 0 Å². The van der Waals surface area contributed by atoms with Crippen LogP contribution in [-0.2, 0) is 6.54 Å². The Bertz CT molecular complexity index is 825. The number of nitrogens with one attached hydrogen (secondary N) is 2. The third-order valence-corrected chi connectivity index (χ3v) is 3.88. The van der Waals surface area contributed by atoms with Gasteiger partial charge in [-0.2, -0.15) is 4.98 Å². The maximum atomic E-state index is 5.35. The van der Waals surface area contributed by atoms with Gasteiger partial charge in [0.2, 0.25) is 5.95 Å². The summed E-state index contributed by atoms with van der Waals surface area (Å²) in [5.74, 6) is 2.12. The second kappa shape index (κ2) is 7.79. The topological polar surface area (TPSA) is 59.1 Å². The Morgan fingerprint density at radius 3 is 2.79 bits per heavy atom. The Labute approximate surface area is 149 Å². The van der Waals surface area contributed by atoms with Gasteiger partial charge in [-0.15, -0.1) is 0 Å². The first-order valence-electron chi connectivity index (χ1n) is 7.46. The normalized spacial score (nSPS) is 10.2. The first-order valence-corrected chi connectivity index (χ1v) is 8.25. The molecule has 6 heteroatoms. The Morgan fingerprint density at radius 2 is 1.96 bits per heavy atom. The molecular formula is C18H17BrN4O. The van der Waals surface area contributed by atoms with E-state index in [1.165, 1.54) is 0 Å². The predicted molar refractivity (Wildman–Crippen MR) is 99.8 cm³/mol. The highest BCUT2D eigenvalue weighted by molar-refractivity contribution is 9.10. The van der Waals surface area contributed by atoms with Crippen LogP contribution in [0.25, 0.3) is 0 Å². The van der Waals surface area contributed by atoms with Gasteiger partial charge in [0.15, 0.2) is 0 Å². The first kappa shape index (κ1) is 16.3. The highest BCUT2D eigenvalue weighted by Crippen LogP contribution is 2.21. The van der Waals surface area contributed by atoms with E-state index in [0.717, 1.165) is 27.3 Å². The molecule has 3 rings (SSSR count). The predicted octanol–water partition coefficient (Wildman–Crippen LogP) is 4.60. The summed E-state index contributed by atoms with van der Waals surface area (Å²) in [4.78, 5) is 8.74. The first-order chi connectivity index (χ1) is 11.7. The summed E-state index contributed by atoms with van der Waals surface area (Å²) >= 11 is 3.46. The van der Waals surface area contributed by atoms with E-state index in [2.05, 4.69) is 36.5 Å². The second-order valence-electron chi connectivity index (χ2n) is 5.07. The maximum absolute atomic E-state index is 5.35. The average Bonchev–Trinajstić information content (AvgIpc) is 2.60. The lowest BCUT2D eigenvalue weighted by molar-refractivity contribution is 0.410. The molecule has 2 aromatic carbocycles. The lowest BCUT2D eigenvalue weighted by atomic mass is 10.2. The molecule has 0 atom stereocenters. The Hall–Kier alpha value is -2.60. The molecule has 3 aromatic rings. The fraction of sp³-hybridized carbons (Fsp3) is 0.111. The van der Waals surface area contributed by atoms with Crippen LogP contribution in [0.15, 0.2) is 65.3 Å². The molecule has 122 valence electrons. The van der Waals surface area contributed by atoms with Crippen LogP contribution < -0.4 is 15.4 Å². The molecule has 0 fully saturated rings. The molecule has 24 heavy (non-hydrogen) atoms. The lowest BCUT2D eigenvalue weighted by Crippen LogP contribution is -2.06. The molecule has 2 N–H and O–H groups in total. The van der Waals surface area contributed by atoms with Gasteiger partial charge in [0.25, 0.3) is 0 Å². The van der Waals surface area contributed by atoms with Crippen LogP contribution >= 0.6 is 15.9 Å². The number of nitrogens with zero attached hydrogens (tertiary/aromatic N) is 2. The summed E-state index contributed by atoms with van der Waals surface area (Å²) in [6.07, 6.45) is 1.72. The number of ether oxygens (including phenoxy) is 1. The second-order valence-corrected chi connectivity index (χ2v) is 5.98. The van der Waals surface area contributed by atoms with Gasteiger partial charge in [-0.1, -0.05) is 40.2 Å². The van der Waals surface area contributed by atoms with Crippen molar-refractivity contribution in [1.82, 2.24) is 9.97 Å². The smallest absolute Gasteiger partial charge is 0.224 e. The van der Waals surface area contributed by atoms with Gasteiger partial charge < -0.3 is 15.4 Å². The van der Waals surface area contributed by atoms with Gasteiger partial charge in [0.05, 0.1) is 7.11 Å². The van der Waals surface area contributed by atoms with E-state index in [9.17, 15) is 0 Å². The molecule has 1 aromatic heterocycles. The van der Waals surface area contributed by atoms with E-state index in [4.69, 9.17) is 4.74 Å². The summed E-state index contributed by atoms with van der Waals surface area (Å²) in [6, 6.07) is 17.6. The summed E-state index contributed by atoms with van der Waals surface area (Å²) in [7, 11) is 1.66. The van der Waals surface area contributed by atoms with Crippen LogP contribution in [-0.4, -0.2) is 17.1 Å². The van der Waals surface area contributed by atoms with Gasteiger partial charge in [-0.25, -0.2) is 4.98 Å². The molecule has 0 radical (unpaired) electrons. The number of methoxy groups -OCH3 is 1. The minimum atomic E-state index is 0.556. The van der Waals surface area contributed by atoms with Gasteiger partial charge >= 0.3 is 0 Å².